The molecule has 0 aromatic rings. The van der Waals surface area contributed by atoms with E-state index in [1.807, 2.05) is 7.05 Å². The largest absolute Gasteiger partial charge is 0.379 e. The van der Waals surface area contributed by atoms with Crippen LogP contribution in [0.4, 0.5) is 0 Å². The van der Waals surface area contributed by atoms with Crippen LogP contribution >= 0.6 is 0 Å². The molecule has 1 N–H and O–H groups in total. The molecular formula is C10H20N2O2. The first-order valence-electron chi connectivity index (χ1n) is 5.29. The molecule has 0 radical (unpaired) electrons. The molecule has 1 saturated heterocycles. The van der Waals surface area contributed by atoms with Gasteiger partial charge in [0.1, 0.15) is 0 Å². The Morgan fingerprint density at radius 3 is 3.00 bits per heavy atom. The van der Waals surface area contributed by atoms with Crippen LogP contribution in [0.5, 0.6) is 0 Å². The second-order valence-corrected chi connectivity index (χ2v) is 3.70. The van der Waals surface area contributed by atoms with E-state index >= 15 is 0 Å². The van der Waals surface area contributed by atoms with Gasteiger partial charge in [-0.05, 0) is 19.4 Å². The first kappa shape index (κ1) is 11.5. The summed E-state index contributed by atoms with van der Waals surface area (Å²) in [5.41, 5.74) is 0. The normalized spacial score (nSPS) is 21.1. The van der Waals surface area contributed by atoms with Crippen molar-refractivity contribution in [1.82, 2.24) is 10.2 Å². The number of hydrogen-bond donors (Lipinski definition) is 1. The van der Waals surface area contributed by atoms with E-state index in [1.165, 1.54) is 0 Å². The third-order valence-electron chi connectivity index (χ3n) is 2.55. The van der Waals surface area contributed by atoms with Gasteiger partial charge in [-0.3, -0.25) is 4.79 Å². The molecule has 82 valence electrons. The maximum atomic E-state index is 11.6. The van der Waals surface area contributed by atoms with Crippen LogP contribution in [0.1, 0.15) is 19.8 Å². The third kappa shape index (κ3) is 3.27. The summed E-state index contributed by atoms with van der Waals surface area (Å²) < 4.78 is 5.24. The summed E-state index contributed by atoms with van der Waals surface area (Å²) in [5, 5.41) is 3.11. The number of rotatable bonds is 5. The average molecular weight is 200 g/mol. The Morgan fingerprint density at radius 2 is 2.43 bits per heavy atom. The van der Waals surface area contributed by atoms with E-state index in [4.69, 9.17) is 4.74 Å². The van der Waals surface area contributed by atoms with E-state index < -0.39 is 0 Å². The van der Waals surface area contributed by atoms with Crippen molar-refractivity contribution in [3.63, 3.8) is 0 Å². The maximum absolute atomic E-state index is 11.6. The number of hydrogen-bond acceptors (Lipinski definition) is 3. The molecule has 0 aromatic carbocycles. The second kappa shape index (κ2) is 5.98. The summed E-state index contributed by atoms with van der Waals surface area (Å²) in [6.07, 6.45) is 2.03. The Bertz CT molecular complexity index is 179. The first-order chi connectivity index (χ1) is 6.75. The zero-order valence-electron chi connectivity index (χ0n) is 9.08. The number of ether oxygens (including phenoxy) is 1. The molecule has 0 aromatic heterocycles. The SMILES string of the molecule is CCCNCC(=O)N(C)C1CCOC1. The highest BCUT2D eigenvalue weighted by atomic mass is 16.5. The summed E-state index contributed by atoms with van der Waals surface area (Å²) in [6.45, 7) is 4.91. The Labute approximate surface area is 85.6 Å². The standard InChI is InChI=1S/C10H20N2O2/c1-3-5-11-7-10(13)12(2)9-4-6-14-8-9/h9,11H,3-8H2,1-2H3. The van der Waals surface area contributed by atoms with Crippen LogP contribution in [0.25, 0.3) is 0 Å². The number of carbonyl (C=O) groups excluding carboxylic acids is 1. The lowest BCUT2D eigenvalue weighted by atomic mass is 10.2. The zero-order valence-corrected chi connectivity index (χ0v) is 9.08. The predicted octanol–water partition coefficient (Wildman–Crippen LogP) is 0.233. The Morgan fingerprint density at radius 1 is 1.64 bits per heavy atom. The topological polar surface area (TPSA) is 41.6 Å². The van der Waals surface area contributed by atoms with Crippen molar-refractivity contribution in [1.29, 1.82) is 0 Å². The fraction of sp³-hybridized carbons (Fsp3) is 0.900. The van der Waals surface area contributed by atoms with Crippen LogP contribution in [-0.4, -0.2) is 50.2 Å². The minimum atomic E-state index is 0.161. The second-order valence-electron chi connectivity index (χ2n) is 3.70. The minimum Gasteiger partial charge on any atom is -0.379 e. The number of nitrogens with zero attached hydrogens (tertiary/aromatic N) is 1. The molecule has 1 atom stereocenters. The van der Waals surface area contributed by atoms with Crippen molar-refractivity contribution in [2.24, 2.45) is 0 Å². The number of amides is 1. The molecule has 0 aliphatic carbocycles. The molecule has 1 fully saturated rings. The zero-order chi connectivity index (χ0) is 10.4. The van der Waals surface area contributed by atoms with Crippen LogP contribution in [0, 0.1) is 0 Å². The Hall–Kier alpha value is -0.610. The Balaban J connectivity index is 2.21. The van der Waals surface area contributed by atoms with E-state index in [-0.39, 0.29) is 11.9 Å². The van der Waals surface area contributed by atoms with E-state index in [9.17, 15) is 4.79 Å². The monoisotopic (exact) mass is 200 g/mol. The van der Waals surface area contributed by atoms with Gasteiger partial charge >= 0.3 is 0 Å². The summed E-state index contributed by atoms with van der Waals surface area (Å²) in [6, 6.07) is 0.283. The van der Waals surface area contributed by atoms with Crippen LogP contribution in [0.2, 0.25) is 0 Å². The van der Waals surface area contributed by atoms with E-state index in [0.717, 1.165) is 26.0 Å². The van der Waals surface area contributed by atoms with Crippen molar-refractivity contribution in [3.8, 4) is 0 Å². The molecule has 4 heteroatoms. The quantitative estimate of drug-likeness (QED) is 0.646. The highest BCUT2D eigenvalue weighted by molar-refractivity contribution is 5.78. The van der Waals surface area contributed by atoms with Crippen LogP contribution in [0.15, 0.2) is 0 Å². The van der Waals surface area contributed by atoms with Gasteiger partial charge in [-0.15, -0.1) is 0 Å². The van der Waals surface area contributed by atoms with Gasteiger partial charge in [0.25, 0.3) is 0 Å². The molecule has 0 saturated carbocycles. The van der Waals surface area contributed by atoms with E-state index in [1.54, 1.807) is 4.90 Å². The molecule has 1 aliphatic heterocycles. The molecule has 1 unspecified atom stereocenters. The molecule has 14 heavy (non-hydrogen) atoms. The van der Waals surface area contributed by atoms with Crippen molar-refractivity contribution in [2.75, 3.05) is 33.4 Å². The third-order valence-corrected chi connectivity index (χ3v) is 2.55. The van der Waals surface area contributed by atoms with Crippen molar-refractivity contribution in [3.05, 3.63) is 0 Å². The van der Waals surface area contributed by atoms with Crippen molar-refractivity contribution < 1.29 is 9.53 Å². The fourth-order valence-corrected chi connectivity index (χ4v) is 1.53. The van der Waals surface area contributed by atoms with Gasteiger partial charge in [0, 0.05) is 13.7 Å². The highest BCUT2D eigenvalue weighted by Crippen LogP contribution is 2.10. The van der Waals surface area contributed by atoms with Crippen LogP contribution < -0.4 is 5.32 Å². The fourth-order valence-electron chi connectivity index (χ4n) is 1.53. The van der Waals surface area contributed by atoms with Crippen molar-refractivity contribution >= 4 is 5.91 Å². The van der Waals surface area contributed by atoms with Gasteiger partial charge < -0.3 is 15.0 Å². The van der Waals surface area contributed by atoms with Gasteiger partial charge in [-0.25, -0.2) is 0 Å². The van der Waals surface area contributed by atoms with Crippen molar-refractivity contribution in [2.45, 2.75) is 25.8 Å². The molecule has 0 bridgehead atoms. The van der Waals surface area contributed by atoms with E-state index in [2.05, 4.69) is 12.2 Å². The summed E-state index contributed by atoms with van der Waals surface area (Å²) in [5.74, 6) is 0.161. The minimum absolute atomic E-state index is 0.161. The molecule has 1 aliphatic rings. The summed E-state index contributed by atoms with van der Waals surface area (Å²) >= 11 is 0. The summed E-state index contributed by atoms with van der Waals surface area (Å²) in [4.78, 5) is 13.4. The average Bonchev–Trinajstić information content (AvgIpc) is 2.69. The molecule has 0 spiro atoms. The van der Waals surface area contributed by atoms with E-state index in [0.29, 0.717) is 13.2 Å². The molecule has 1 amide bonds. The predicted molar refractivity (Wildman–Crippen MR) is 55.2 cm³/mol. The molecule has 4 nitrogen and oxygen atoms in total. The lowest BCUT2D eigenvalue weighted by molar-refractivity contribution is -0.131. The molecular weight excluding hydrogens is 180 g/mol. The molecule has 1 heterocycles. The first-order valence-corrected chi connectivity index (χ1v) is 5.29. The van der Waals surface area contributed by atoms with Crippen LogP contribution in [-0.2, 0) is 9.53 Å². The maximum Gasteiger partial charge on any atom is 0.236 e. The summed E-state index contributed by atoms with van der Waals surface area (Å²) in [7, 11) is 1.86. The lowest BCUT2D eigenvalue weighted by Crippen LogP contribution is -2.42. The van der Waals surface area contributed by atoms with Gasteiger partial charge in [-0.1, -0.05) is 6.92 Å². The number of nitrogens with one attached hydrogen (secondary N) is 1. The highest BCUT2D eigenvalue weighted by Gasteiger charge is 2.23. The number of carbonyl (C=O) groups is 1. The van der Waals surface area contributed by atoms with Gasteiger partial charge in [-0.2, -0.15) is 0 Å². The lowest BCUT2D eigenvalue weighted by Gasteiger charge is -2.23. The molecule has 1 rings (SSSR count). The number of likely N-dealkylation sites (N-methyl/N-ethyl adjacent to an activating group) is 1. The smallest absolute Gasteiger partial charge is 0.236 e. The Kier molecular flexibility index (Phi) is 4.90. The van der Waals surface area contributed by atoms with Crippen LogP contribution in [0.3, 0.4) is 0 Å². The van der Waals surface area contributed by atoms with Gasteiger partial charge in [0.15, 0.2) is 0 Å². The van der Waals surface area contributed by atoms with Gasteiger partial charge in [0.05, 0.1) is 19.2 Å². The van der Waals surface area contributed by atoms with Gasteiger partial charge in [0.2, 0.25) is 5.91 Å².